The Morgan fingerprint density at radius 3 is 2.61 bits per heavy atom. The smallest absolute Gasteiger partial charge is 0.338 e. The highest BCUT2D eigenvalue weighted by atomic mass is 79.9. The van der Waals surface area contributed by atoms with Gasteiger partial charge in [0.05, 0.1) is 40.0 Å². The summed E-state index contributed by atoms with van der Waals surface area (Å²) < 4.78 is 13.7. The molecule has 1 saturated heterocycles. The third kappa shape index (κ3) is 4.85. The molecule has 198 valence electrons. The van der Waals surface area contributed by atoms with Crippen molar-refractivity contribution in [2.24, 2.45) is 4.99 Å². The summed E-state index contributed by atoms with van der Waals surface area (Å²) in [4.78, 5) is 34.6. The molecule has 7 nitrogen and oxygen atoms in total. The van der Waals surface area contributed by atoms with Crippen molar-refractivity contribution >= 4 is 45.0 Å². The minimum Gasteiger partial charge on any atom is -0.496 e. The zero-order valence-electron chi connectivity index (χ0n) is 21.9. The fraction of sp³-hybridized carbons (Fsp3) is 0.345. The fourth-order valence-electron chi connectivity index (χ4n) is 5.09. The summed E-state index contributed by atoms with van der Waals surface area (Å²) in [5.41, 5.74) is 4.78. The van der Waals surface area contributed by atoms with Crippen LogP contribution in [-0.4, -0.2) is 37.3 Å². The summed E-state index contributed by atoms with van der Waals surface area (Å²) >= 11 is 4.88. The maximum Gasteiger partial charge on any atom is 0.338 e. The number of fused-ring (bicyclic) bond motifs is 1. The van der Waals surface area contributed by atoms with Crippen LogP contribution in [0.15, 0.2) is 61.9 Å². The summed E-state index contributed by atoms with van der Waals surface area (Å²) in [5.74, 6) is 0.181. The van der Waals surface area contributed by atoms with Crippen molar-refractivity contribution in [1.29, 1.82) is 0 Å². The second-order valence-corrected chi connectivity index (χ2v) is 11.3. The average Bonchev–Trinajstić information content (AvgIpc) is 3.53. The van der Waals surface area contributed by atoms with Crippen LogP contribution in [0.25, 0.3) is 6.08 Å². The van der Waals surface area contributed by atoms with Gasteiger partial charge in [0, 0.05) is 18.8 Å². The highest BCUT2D eigenvalue weighted by Crippen LogP contribution is 2.35. The molecule has 9 heteroatoms. The maximum absolute atomic E-state index is 13.9. The molecule has 0 amide bonds. The van der Waals surface area contributed by atoms with Crippen LogP contribution in [0, 0.1) is 6.92 Å². The number of nitrogens with zero attached hydrogens (tertiary/aromatic N) is 3. The van der Waals surface area contributed by atoms with E-state index < -0.39 is 12.0 Å². The first-order valence-electron chi connectivity index (χ1n) is 12.7. The van der Waals surface area contributed by atoms with E-state index in [1.165, 1.54) is 29.9 Å². The van der Waals surface area contributed by atoms with Crippen LogP contribution in [0.2, 0.25) is 0 Å². The number of benzene rings is 2. The van der Waals surface area contributed by atoms with Crippen LogP contribution in [0.4, 0.5) is 5.69 Å². The molecule has 0 radical (unpaired) electrons. The first-order chi connectivity index (χ1) is 18.3. The molecule has 3 aromatic rings. The Balaban J connectivity index is 1.65. The molecule has 0 spiro atoms. The number of anilines is 1. The van der Waals surface area contributed by atoms with E-state index in [0.29, 0.717) is 26.4 Å². The zero-order chi connectivity index (χ0) is 27.0. The molecule has 0 unspecified atom stereocenters. The average molecular weight is 597 g/mol. The van der Waals surface area contributed by atoms with Crippen LogP contribution < -0.4 is 24.5 Å². The zero-order valence-corrected chi connectivity index (χ0v) is 24.3. The largest absolute Gasteiger partial charge is 0.496 e. The first-order valence-corrected chi connectivity index (χ1v) is 14.3. The number of allylic oxidation sites excluding steroid dienone is 1. The van der Waals surface area contributed by atoms with Gasteiger partial charge in [-0.1, -0.05) is 23.5 Å². The molecule has 3 heterocycles. The number of hydrogen-bond acceptors (Lipinski definition) is 7. The molecule has 1 aromatic heterocycles. The number of esters is 1. The Morgan fingerprint density at radius 1 is 1.18 bits per heavy atom. The van der Waals surface area contributed by atoms with Gasteiger partial charge in [0.2, 0.25) is 0 Å². The van der Waals surface area contributed by atoms with Gasteiger partial charge >= 0.3 is 5.97 Å². The summed E-state index contributed by atoms with van der Waals surface area (Å²) in [6, 6.07) is 11.3. The number of carbonyl (C=O) groups is 1. The maximum atomic E-state index is 13.9. The van der Waals surface area contributed by atoms with E-state index in [9.17, 15) is 9.59 Å². The fourth-order valence-corrected chi connectivity index (χ4v) is 6.69. The van der Waals surface area contributed by atoms with E-state index in [1.54, 1.807) is 25.5 Å². The molecule has 0 aliphatic carbocycles. The standard InChI is InChI=1S/C29H30BrN3O4S/c1-5-37-28(35)25-18(3)31-29-33(26(25)20-9-11-23(36-4)22(30)15-20)27(34)24(38-29)16-19-8-10-21(14-17(19)2)32-12-6-7-13-32/h8-11,14-16,26H,5-7,12-13H2,1-4H3/b24-16+/t26-/m1/s1. The van der Waals surface area contributed by atoms with Crippen molar-refractivity contribution in [2.75, 3.05) is 31.7 Å². The number of halogens is 1. The van der Waals surface area contributed by atoms with E-state index in [4.69, 9.17) is 9.47 Å². The van der Waals surface area contributed by atoms with E-state index in [1.807, 2.05) is 24.3 Å². The van der Waals surface area contributed by atoms with Gasteiger partial charge in [0.25, 0.3) is 5.56 Å². The lowest BCUT2D eigenvalue weighted by Gasteiger charge is -2.25. The lowest BCUT2D eigenvalue weighted by molar-refractivity contribution is -0.139. The van der Waals surface area contributed by atoms with Crippen molar-refractivity contribution in [2.45, 2.75) is 39.7 Å². The summed E-state index contributed by atoms with van der Waals surface area (Å²) in [6.45, 7) is 8.02. The molecular weight excluding hydrogens is 566 g/mol. The molecule has 1 atom stereocenters. The number of aromatic nitrogens is 1. The Hall–Kier alpha value is -3.17. The minimum absolute atomic E-state index is 0.192. The summed E-state index contributed by atoms with van der Waals surface area (Å²) in [6.07, 6.45) is 4.37. The van der Waals surface area contributed by atoms with Crippen LogP contribution in [0.5, 0.6) is 5.75 Å². The lowest BCUT2D eigenvalue weighted by Crippen LogP contribution is -2.40. The van der Waals surface area contributed by atoms with E-state index in [2.05, 4.69) is 50.9 Å². The predicted molar refractivity (Wildman–Crippen MR) is 154 cm³/mol. The van der Waals surface area contributed by atoms with Gasteiger partial charge in [-0.2, -0.15) is 0 Å². The number of methoxy groups -OCH3 is 1. The van der Waals surface area contributed by atoms with Crippen molar-refractivity contribution in [3.8, 4) is 5.75 Å². The van der Waals surface area contributed by atoms with Crippen molar-refractivity contribution in [1.82, 2.24) is 4.57 Å². The molecule has 0 bridgehead atoms. The Labute approximate surface area is 233 Å². The molecule has 2 aromatic carbocycles. The SMILES string of the molecule is CCOC(=O)C1=C(C)N=c2s/c(=C/c3ccc(N4CCCC4)cc3C)c(=O)n2[C@@H]1c1ccc(OC)c(Br)c1. The molecule has 0 saturated carbocycles. The van der Waals surface area contributed by atoms with Crippen molar-refractivity contribution < 1.29 is 14.3 Å². The van der Waals surface area contributed by atoms with Gasteiger partial charge in [0.1, 0.15) is 5.75 Å². The van der Waals surface area contributed by atoms with Crippen molar-refractivity contribution in [3.05, 3.63) is 88.5 Å². The highest BCUT2D eigenvalue weighted by Gasteiger charge is 2.33. The van der Waals surface area contributed by atoms with E-state index >= 15 is 0 Å². The van der Waals surface area contributed by atoms with Crippen molar-refractivity contribution in [3.63, 3.8) is 0 Å². The number of hydrogen-bond donors (Lipinski definition) is 0. The molecule has 2 aliphatic rings. The van der Waals surface area contributed by atoms with Gasteiger partial charge < -0.3 is 14.4 Å². The number of rotatable bonds is 6. The quantitative estimate of drug-likeness (QED) is 0.393. The second kappa shape index (κ2) is 10.9. The Morgan fingerprint density at radius 2 is 1.95 bits per heavy atom. The van der Waals surface area contributed by atoms with Gasteiger partial charge in [-0.25, -0.2) is 9.79 Å². The predicted octanol–water partition coefficient (Wildman–Crippen LogP) is 4.48. The minimum atomic E-state index is -0.673. The summed E-state index contributed by atoms with van der Waals surface area (Å²) in [7, 11) is 1.59. The molecule has 2 aliphatic heterocycles. The summed E-state index contributed by atoms with van der Waals surface area (Å²) in [5, 5.41) is 0. The highest BCUT2D eigenvalue weighted by molar-refractivity contribution is 9.10. The van der Waals surface area contributed by atoms with E-state index in [-0.39, 0.29) is 12.2 Å². The molecule has 38 heavy (non-hydrogen) atoms. The van der Waals surface area contributed by atoms with Crippen LogP contribution in [0.3, 0.4) is 0 Å². The van der Waals surface area contributed by atoms with E-state index in [0.717, 1.165) is 34.3 Å². The van der Waals surface area contributed by atoms with Crippen LogP contribution in [0.1, 0.15) is 49.4 Å². The molecule has 1 fully saturated rings. The third-order valence-corrected chi connectivity index (χ3v) is 8.62. The first kappa shape index (κ1) is 26.4. The lowest BCUT2D eigenvalue weighted by atomic mass is 9.96. The topological polar surface area (TPSA) is 73.1 Å². The normalized spacial score (nSPS) is 17.4. The number of aryl methyl sites for hydroxylation is 1. The number of thiazole rings is 1. The van der Waals surface area contributed by atoms with Crippen LogP contribution in [-0.2, 0) is 9.53 Å². The number of ether oxygens (including phenoxy) is 2. The number of carbonyl (C=O) groups excluding carboxylic acids is 1. The Kier molecular flexibility index (Phi) is 7.59. The molecule has 5 rings (SSSR count). The Bertz CT molecular complexity index is 1620. The van der Waals surface area contributed by atoms with Gasteiger partial charge in [-0.15, -0.1) is 0 Å². The molecular formula is C29H30BrN3O4S. The second-order valence-electron chi connectivity index (χ2n) is 9.43. The van der Waals surface area contributed by atoms with Crippen LogP contribution >= 0.6 is 27.3 Å². The van der Waals surface area contributed by atoms with Gasteiger partial charge in [-0.05, 0) is 96.6 Å². The molecule has 0 N–H and O–H groups in total. The van der Waals surface area contributed by atoms with Gasteiger partial charge in [-0.3, -0.25) is 9.36 Å². The monoisotopic (exact) mass is 595 g/mol. The third-order valence-electron chi connectivity index (χ3n) is 7.02. The van der Waals surface area contributed by atoms with Gasteiger partial charge in [0.15, 0.2) is 4.80 Å².